The van der Waals surface area contributed by atoms with Crippen LogP contribution >= 0.6 is 0 Å². The van der Waals surface area contributed by atoms with Crippen molar-refractivity contribution < 1.29 is 19.1 Å². The zero-order chi connectivity index (χ0) is 24.2. The number of aryl methyl sites for hydroxylation is 1. The van der Waals surface area contributed by atoms with Crippen LogP contribution < -0.4 is 5.32 Å². The van der Waals surface area contributed by atoms with Crippen molar-refractivity contribution in [2.45, 2.75) is 38.5 Å². The summed E-state index contributed by atoms with van der Waals surface area (Å²) in [7, 11) is 3.77. The number of nitrogens with one attached hydrogen (secondary N) is 1. The maximum absolute atomic E-state index is 13.7. The van der Waals surface area contributed by atoms with E-state index < -0.39 is 12.0 Å². The van der Waals surface area contributed by atoms with Crippen molar-refractivity contribution in [3.8, 4) is 0 Å². The molecule has 0 bridgehead atoms. The third kappa shape index (κ3) is 4.45. The second-order valence-corrected chi connectivity index (χ2v) is 8.56. The lowest BCUT2D eigenvalue weighted by Crippen LogP contribution is -2.46. The van der Waals surface area contributed by atoms with Crippen LogP contribution in [0.2, 0.25) is 0 Å². The Morgan fingerprint density at radius 1 is 1.00 bits per heavy atom. The first kappa shape index (κ1) is 24.0. The molecule has 0 aliphatic carbocycles. The summed E-state index contributed by atoms with van der Waals surface area (Å²) in [5.74, 6) is -0.732. The van der Waals surface area contributed by atoms with Crippen LogP contribution in [0.25, 0.3) is 10.9 Å². The third-order valence-corrected chi connectivity index (χ3v) is 6.49. The van der Waals surface area contributed by atoms with Gasteiger partial charge in [0.05, 0.1) is 12.0 Å². The van der Waals surface area contributed by atoms with Gasteiger partial charge >= 0.3 is 0 Å². The molecular weight excluding hydrogens is 430 g/mol. The molecule has 1 aliphatic heterocycles. The molecule has 1 aromatic heterocycles. The number of carbonyl (C=O) groups is 2. The van der Waals surface area contributed by atoms with Gasteiger partial charge in [0.1, 0.15) is 0 Å². The molecular formula is C27H33N3O4. The van der Waals surface area contributed by atoms with Crippen LogP contribution in [-0.2, 0) is 21.3 Å². The number of fused-ring (bicyclic) bond motifs is 2. The van der Waals surface area contributed by atoms with Gasteiger partial charge < -0.3 is 24.3 Å². The van der Waals surface area contributed by atoms with E-state index in [9.17, 15) is 9.59 Å². The molecule has 180 valence electrons. The molecule has 2 atom stereocenters. The molecule has 4 rings (SSSR count). The standard InChI is InChI=1S/C27H33N3O4/c1-5-33-23(34-6-2)15-16-28-26(31)24-19-12-7-8-13-20(19)27(32)30(4)25(24)21-17-29(3)22-14-10-9-11-18(21)22/h7-14,17,23-25H,5-6,15-16H2,1-4H3,(H,28,31)/t24-,25-/m1/s1. The summed E-state index contributed by atoms with van der Waals surface area (Å²) in [6, 6.07) is 15.1. The number of ether oxygens (including phenoxy) is 2. The van der Waals surface area contributed by atoms with Crippen molar-refractivity contribution in [1.82, 2.24) is 14.8 Å². The van der Waals surface area contributed by atoms with Crippen molar-refractivity contribution in [2.75, 3.05) is 26.8 Å². The topological polar surface area (TPSA) is 72.8 Å². The number of hydrogen-bond acceptors (Lipinski definition) is 4. The van der Waals surface area contributed by atoms with Crippen LogP contribution in [0.1, 0.15) is 53.7 Å². The molecule has 0 spiro atoms. The first-order valence-electron chi connectivity index (χ1n) is 11.9. The number of para-hydroxylation sites is 1. The van der Waals surface area contributed by atoms with E-state index in [1.807, 2.05) is 74.1 Å². The molecule has 0 fully saturated rings. The van der Waals surface area contributed by atoms with Gasteiger partial charge in [-0.1, -0.05) is 36.4 Å². The number of aromatic nitrogens is 1. The lowest BCUT2D eigenvalue weighted by atomic mass is 9.79. The van der Waals surface area contributed by atoms with E-state index in [0.29, 0.717) is 31.7 Å². The second kappa shape index (κ2) is 10.4. The van der Waals surface area contributed by atoms with Crippen molar-refractivity contribution in [1.29, 1.82) is 0 Å². The van der Waals surface area contributed by atoms with Gasteiger partial charge in [-0.15, -0.1) is 0 Å². The molecule has 2 heterocycles. The molecule has 0 saturated heterocycles. The number of rotatable bonds is 9. The molecule has 2 aromatic carbocycles. The van der Waals surface area contributed by atoms with Gasteiger partial charge in [0.15, 0.2) is 6.29 Å². The average molecular weight is 464 g/mol. The Morgan fingerprint density at radius 3 is 2.41 bits per heavy atom. The number of benzene rings is 2. The Bertz CT molecular complexity index is 1170. The van der Waals surface area contributed by atoms with Gasteiger partial charge in [0.2, 0.25) is 5.91 Å². The highest BCUT2D eigenvalue weighted by Gasteiger charge is 2.43. The van der Waals surface area contributed by atoms with Crippen molar-refractivity contribution in [3.05, 3.63) is 71.4 Å². The van der Waals surface area contributed by atoms with Crippen LogP contribution in [0.4, 0.5) is 0 Å². The Morgan fingerprint density at radius 2 is 1.68 bits per heavy atom. The maximum atomic E-state index is 13.7. The Balaban J connectivity index is 1.70. The van der Waals surface area contributed by atoms with Crippen LogP contribution in [0.15, 0.2) is 54.7 Å². The van der Waals surface area contributed by atoms with Gasteiger partial charge in [0.25, 0.3) is 5.91 Å². The summed E-state index contributed by atoms with van der Waals surface area (Å²) in [6.45, 7) is 5.35. The van der Waals surface area contributed by atoms with Gasteiger partial charge in [-0.2, -0.15) is 0 Å². The van der Waals surface area contributed by atoms with Crippen LogP contribution in [-0.4, -0.2) is 54.4 Å². The Kier molecular flexibility index (Phi) is 7.34. The Hall–Kier alpha value is -3.16. The van der Waals surface area contributed by atoms with E-state index in [1.165, 1.54) is 0 Å². The van der Waals surface area contributed by atoms with Gasteiger partial charge in [-0.05, 0) is 31.5 Å². The van der Waals surface area contributed by atoms with E-state index in [2.05, 4.69) is 5.32 Å². The SMILES string of the molecule is CCOC(CCNC(=O)[C@@H]1c2ccccc2C(=O)N(C)[C@@H]1c1cn(C)c2ccccc12)OCC. The first-order chi connectivity index (χ1) is 16.5. The largest absolute Gasteiger partial charge is 0.355 e. The number of nitrogens with zero attached hydrogens (tertiary/aromatic N) is 2. The highest BCUT2D eigenvalue weighted by Crippen LogP contribution is 2.44. The average Bonchev–Trinajstić information content (AvgIpc) is 3.17. The minimum atomic E-state index is -0.539. The number of amides is 2. The lowest BCUT2D eigenvalue weighted by molar-refractivity contribution is -0.140. The molecule has 7 nitrogen and oxygen atoms in total. The van der Waals surface area contributed by atoms with E-state index in [1.54, 1.807) is 18.0 Å². The van der Waals surface area contributed by atoms with E-state index in [-0.39, 0.29) is 18.1 Å². The smallest absolute Gasteiger partial charge is 0.254 e. The number of likely N-dealkylation sites (N-methyl/N-ethyl adjacent to an activating group) is 1. The monoisotopic (exact) mass is 463 g/mol. The lowest BCUT2D eigenvalue weighted by Gasteiger charge is -2.39. The predicted octanol–water partition coefficient (Wildman–Crippen LogP) is 3.99. The van der Waals surface area contributed by atoms with E-state index in [4.69, 9.17) is 9.47 Å². The zero-order valence-corrected chi connectivity index (χ0v) is 20.3. The fourth-order valence-electron chi connectivity index (χ4n) is 4.96. The van der Waals surface area contributed by atoms with Crippen molar-refractivity contribution in [3.63, 3.8) is 0 Å². The minimum Gasteiger partial charge on any atom is -0.355 e. The summed E-state index contributed by atoms with van der Waals surface area (Å²) in [5, 5.41) is 4.13. The summed E-state index contributed by atoms with van der Waals surface area (Å²) in [5.41, 5.74) is 3.35. The van der Waals surface area contributed by atoms with E-state index >= 15 is 0 Å². The molecule has 1 aliphatic rings. The van der Waals surface area contributed by atoms with Crippen molar-refractivity contribution >= 4 is 22.7 Å². The molecule has 7 heteroatoms. The van der Waals surface area contributed by atoms with Crippen LogP contribution in [0.3, 0.4) is 0 Å². The highest BCUT2D eigenvalue weighted by atomic mass is 16.7. The number of carbonyl (C=O) groups excluding carboxylic acids is 2. The second-order valence-electron chi connectivity index (χ2n) is 8.56. The normalized spacial score (nSPS) is 17.9. The van der Waals surface area contributed by atoms with Crippen molar-refractivity contribution in [2.24, 2.45) is 7.05 Å². The minimum absolute atomic E-state index is 0.0784. The summed E-state index contributed by atoms with van der Waals surface area (Å²) < 4.78 is 13.3. The van der Waals surface area contributed by atoms with Crippen LogP contribution in [0.5, 0.6) is 0 Å². The maximum Gasteiger partial charge on any atom is 0.254 e. The van der Waals surface area contributed by atoms with E-state index in [0.717, 1.165) is 22.0 Å². The molecule has 0 saturated carbocycles. The zero-order valence-electron chi connectivity index (χ0n) is 20.3. The van der Waals surface area contributed by atoms with Gasteiger partial charge in [-0.25, -0.2) is 0 Å². The molecule has 0 radical (unpaired) electrons. The van der Waals surface area contributed by atoms with Gasteiger partial charge in [-0.3, -0.25) is 9.59 Å². The molecule has 3 aromatic rings. The summed E-state index contributed by atoms with van der Waals surface area (Å²) in [4.78, 5) is 28.7. The highest BCUT2D eigenvalue weighted by molar-refractivity contribution is 6.02. The molecule has 1 N–H and O–H groups in total. The fourth-order valence-corrected chi connectivity index (χ4v) is 4.96. The summed E-state index contributed by atoms with van der Waals surface area (Å²) in [6.07, 6.45) is 2.23. The van der Waals surface area contributed by atoms with Gasteiger partial charge in [0, 0.05) is 68.5 Å². The molecule has 0 unspecified atom stereocenters. The fraction of sp³-hybridized carbons (Fsp3) is 0.407. The predicted molar refractivity (Wildman–Crippen MR) is 132 cm³/mol. The summed E-state index contributed by atoms with van der Waals surface area (Å²) >= 11 is 0. The quantitative estimate of drug-likeness (QED) is 0.487. The number of hydrogen-bond donors (Lipinski definition) is 1. The molecule has 34 heavy (non-hydrogen) atoms. The first-order valence-corrected chi connectivity index (χ1v) is 11.9. The molecule has 2 amide bonds. The third-order valence-electron chi connectivity index (χ3n) is 6.49. The van der Waals surface area contributed by atoms with Crippen LogP contribution in [0, 0.1) is 0 Å². The Labute approximate surface area is 200 Å².